The van der Waals surface area contributed by atoms with Gasteiger partial charge < -0.3 is 9.64 Å². The van der Waals surface area contributed by atoms with Crippen molar-refractivity contribution in [2.75, 3.05) is 25.1 Å². The van der Waals surface area contributed by atoms with E-state index in [0.717, 1.165) is 43.4 Å². The zero-order valence-electron chi connectivity index (χ0n) is 17.8. The van der Waals surface area contributed by atoms with Crippen LogP contribution in [0.2, 0.25) is 5.02 Å². The van der Waals surface area contributed by atoms with Crippen molar-refractivity contribution in [2.24, 2.45) is 0 Å². The molecular weight excluding hydrogens is 436 g/mol. The van der Waals surface area contributed by atoms with E-state index in [2.05, 4.69) is 0 Å². The van der Waals surface area contributed by atoms with Gasteiger partial charge in [0.2, 0.25) is 10.0 Å². The molecule has 0 radical (unpaired) electrons. The Bertz CT molecular complexity index is 1100. The number of carbonyl (C=O) groups is 1. The molecule has 0 saturated carbocycles. The van der Waals surface area contributed by atoms with Crippen LogP contribution < -0.4 is 9.64 Å². The third kappa shape index (κ3) is 4.19. The number of fused-ring (bicyclic) bond motifs is 1. The fourth-order valence-corrected chi connectivity index (χ4v) is 6.58. The van der Waals surface area contributed by atoms with Crippen molar-refractivity contribution in [3.8, 4) is 5.75 Å². The van der Waals surface area contributed by atoms with Crippen LogP contribution in [0.15, 0.2) is 41.3 Å². The normalized spacial score (nSPS) is 19.7. The van der Waals surface area contributed by atoms with Crippen molar-refractivity contribution >= 4 is 33.2 Å². The maximum atomic E-state index is 13.5. The van der Waals surface area contributed by atoms with E-state index in [9.17, 15) is 13.2 Å². The van der Waals surface area contributed by atoms with Crippen molar-refractivity contribution in [3.05, 3.63) is 52.5 Å². The lowest BCUT2D eigenvalue weighted by molar-refractivity contribution is 0.0985. The number of carbonyl (C=O) groups excluding carboxylic acids is 1. The standard InChI is InChI=1S/C23H27ClN2O4S/c1-16-6-3-4-13-26(16)31(28,29)22-15-18(8-11-21(22)30-2)23(27)25-12-5-7-17-14-19(24)9-10-20(17)25/h8-11,14-16H,3-7,12-13H2,1-2H3. The molecule has 0 bridgehead atoms. The van der Waals surface area contributed by atoms with Gasteiger partial charge in [-0.3, -0.25) is 4.79 Å². The molecule has 1 saturated heterocycles. The van der Waals surface area contributed by atoms with E-state index in [1.54, 1.807) is 23.1 Å². The monoisotopic (exact) mass is 462 g/mol. The lowest BCUT2D eigenvalue weighted by Crippen LogP contribution is -2.42. The molecule has 1 atom stereocenters. The lowest BCUT2D eigenvalue weighted by atomic mass is 10.0. The highest BCUT2D eigenvalue weighted by atomic mass is 35.5. The molecule has 6 nitrogen and oxygen atoms in total. The number of hydrogen-bond donors (Lipinski definition) is 0. The summed E-state index contributed by atoms with van der Waals surface area (Å²) in [5.74, 6) is 0.0224. The number of sulfonamides is 1. The Morgan fingerprint density at radius 1 is 1.10 bits per heavy atom. The minimum atomic E-state index is -3.79. The van der Waals surface area contributed by atoms with Crippen LogP contribution in [-0.4, -0.2) is 44.9 Å². The van der Waals surface area contributed by atoms with E-state index in [1.165, 1.54) is 17.5 Å². The average molecular weight is 463 g/mol. The van der Waals surface area contributed by atoms with Gasteiger partial charge in [0.05, 0.1) is 7.11 Å². The van der Waals surface area contributed by atoms with Crippen molar-refractivity contribution in [2.45, 2.75) is 50.0 Å². The fraction of sp³-hybridized carbons (Fsp3) is 0.435. The highest BCUT2D eigenvalue weighted by Gasteiger charge is 2.34. The number of hydrogen-bond acceptors (Lipinski definition) is 4. The first-order valence-electron chi connectivity index (χ1n) is 10.6. The fourth-order valence-electron chi connectivity index (χ4n) is 4.50. The molecule has 2 aliphatic heterocycles. The van der Waals surface area contributed by atoms with Gasteiger partial charge in [0.25, 0.3) is 5.91 Å². The summed E-state index contributed by atoms with van der Waals surface area (Å²) in [4.78, 5) is 15.2. The first-order chi connectivity index (χ1) is 14.8. The van der Waals surface area contributed by atoms with E-state index >= 15 is 0 Å². The van der Waals surface area contributed by atoms with Crippen LogP contribution in [-0.2, 0) is 16.4 Å². The third-order valence-corrected chi connectivity index (χ3v) is 8.41. The average Bonchev–Trinajstić information content (AvgIpc) is 2.77. The molecule has 0 aromatic heterocycles. The van der Waals surface area contributed by atoms with Gasteiger partial charge in [-0.25, -0.2) is 8.42 Å². The van der Waals surface area contributed by atoms with Crippen LogP contribution in [0.25, 0.3) is 0 Å². The van der Waals surface area contributed by atoms with Crippen LogP contribution in [0.4, 0.5) is 5.69 Å². The zero-order valence-corrected chi connectivity index (χ0v) is 19.4. The quantitative estimate of drug-likeness (QED) is 0.670. The molecule has 2 aliphatic rings. The molecule has 2 aromatic carbocycles. The minimum absolute atomic E-state index is 0.0444. The highest BCUT2D eigenvalue weighted by Crippen LogP contribution is 2.34. The zero-order chi connectivity index (χ0) is 22.2. The molecule has 8 heteroatoms. The van der Waals surface area contributed by atoms with Gasteiger partial charge in [0.1, 0.15) is 10.6 Å². The molecule has 166 valence electrons. The van der Waals surface area contributed by atoms with Crippen LogP contribution in [0.1, 0.15) is 48.5 Å². The summed E-state index contributed by atoms with van der Waals surface area (Å²) in [5, 5.41) is 0.640. The van der Waals surface area contributed by atoms with Crippen molar-refractivity contribution in [3.63, 3.8) is 0 Å². The Balaban J connectivity index is 1.72. The molecule has 2 aromatic rings. The largest absolute Gasteiger partial charge is 0.495 e. The maximum Gasteiger partial charge on any atom is 0.258 e. The molecule has 2 heterocycles. The Kier molecular flexibility index (Phi) is 6.28. The molecule has 1 unspecified atom stereocenters. The number of piperidine rings is 1. The van der Waals surface area contributed by atoms with E-state index in [0.29, 0.717) is 23.7 Å². The summed E-state index contributed by atoms with van der Waals surface area (Å²) < 4.78 is 33.8. The van der Waals surface area contributed by atoms with Gasteiger partial charge in [0.15, 0.2) is 0 Å². The second kappa shape index (κ2) is 8.81. The van der Waals surface area contributed by atoms with Crippen molar-refractivity contribution in [1.29, 1.82) is 0 Å². The Hall–Kier alpha value is -2.09. The number of amides is 1. The number of halogens is 1. The minimum Gasteiger partial charge on any atom is -0.495 e. The summed E-state index contributed by atoms with van der Waals surface area (Å²) in [6.45, 7) is 2.98. The number of ether oxygens (including phenoxy) is 1. The van der Waals surface area contributed by atoms with Crippen molar-refractivity contribution in [1.82, 2.24) is 4.31 Å². The second-order valence-electron chi connectivity index (χ2n) is 8.16. The van der Waals surface area contributed by atoms with E-state index in [1.807, 2.05) is 19.1 Å². The number of anilines is 1. The predicted octanol–water partition coefficient (Wildman–Crippen LogP) is 4.50. The molecular formula is C23H27ClN2O4S. The van der Waals surface area contributed by atoms with Crippen LogP contribution in [0.5, 0.6) is 5.75 Å². The third-order valence-electron chi connectivity index (χ3n) is 6.14. The first kappa shape index (κ1) is 22.1. The molecule has 31 heavy (non-hydrogen) atoms. The smallest absolute Gasteiger partial charge is 0.258 e. The number of rotatable bonds is 4. The van der Waals surface area contributed by atoms with E-state index in [4.69, 9.17) is 16.3 Å². The first-order valence-corrected chi connectivity index (χ1v) is 12.4. The van der Waals surface area contributed by atoms with Gasteiger partial charge in [-0.1, -0.05) is 18.0 Å². The summed E-state index contributed by atoms with van der Waals surface area (Å²) in [5.41, 5.74) is 2.17. The lowest BCUT2D eigenvalue weighted by Gasteiger charge is -2.33. The van der Waals surface area contributed by atoms with Crippen molar-refractivity contribution < 1.29 is 17.9 Å². The number of methoxy groups -OCH3 is 1. The molecule has 4 rings (SSSR count). The van der Waals surface area contributed by atoms with Crippen LogP contribution >= 0.6 is 11.6 Å². The molecule has 0 N–H and O–H groups in total. The Morgan fingerprint density at radius 2 is 1.90 bits per heavy atom. The maximum absolute atomic E-state index is 13.5. The van der Waals surface area contributed by atoms with Gasteiger partial charge in [-0.05, 0) is 74.6 Å². The summed E-state index contributed by atoms with van der Waals surface area (Å²) in [6.07, 6.45) is 4.35. The molecule has 0 aliphatic carbocycles. The van der Waals surface area contributed by atoms with E-state index in [-0.39, 0.29) is 22.6 Å². The van der Waals surface area contributed by atoms with E-state index < -0.39 is 10.0 Å². The van der Waals surface area contributed by atoms with Crippen LogP contribution in [0.3, 0.4) is 0 Å². The molecule has 0 spiro atoms. The Labute approximate surface area is 188 Å². The van der Waals surface area contributed by atoms with Gasteiger partial charge >= 0.3 is 0 Å². The van der Waals surface area contributed by atoms with Crippen LogP contribution in [0, 0.1) is 0 Å². The SMILES string of the molecule is COc1ccc(C(=O)N2CCCc3cc(Cl)ccc32)cc1S(=O)(=O)N1CCCCC1C. The summed E-state index contributed by atoms with van der Waals surface area (Å²) in [6, 6.07) is 10.1. The summed E-state index contributed by atoms with van der Waals surface area (Å²) >= 11 is 6.12. The topological polar surface area (TPSA) is 66.9 Å². The number of nitrogens with zero attached hydrogens (tertiary/aromatic N) is 2. The molecule has 1 amide bonds. The summed E-state index contributed by atoms with van der Waals surface area (Å²) in [7, 11) is -2.34. The predicted molar refractivity (Wildman–Crippen MR) is 122 cm³/mol. The Morgan fingerprint density at radius 3 is 2.65 bits per heavy atom. The number of benzene rings is 2. The number of aryl methyl sites for hydroxylation is 1. The second-order valence-corrected chi connectivity index (χ2v) is 10.5. The van der Waals surface area contributed by atoms with Gasteiger partial charge in [-0.15, -0.1) is 0 Å². The highest BCUT2D eigenvalue weighted by molar-refractivity contribution is 7.89. The van der Waals surface area contributed by atoms with Gasteiger partial charge in [0, 0.05) is 35.4 Å². The molecule has 1 fully saturated rings. The van der Waals surface area contributed by atoms with Gasteiger partial charge in [-0.2, -0.15) is 4.31 Å².